The molecular weight excluding hydrogens is 337 g/mol. The largest absolute Gasteiger partial charge is 0.444 e. The topological polar surface area (TPSA) is 43.1 Å². The molecule has 0 spiro atoms. The normalized spacial score (nSPS) is 12.3. The first-order valence-corrected chi connectivity index (χ1v) is 8.77. The lowest BCUT2D eigenvalue weighted by Gasteiger charge is -2.02. The van der Waals surface area contributed by atoms with Gasteiger partial charge in [-0.3, -0.25) is 4.21 Å². The molecule has 3 aromatic rings. The molecule has 23 heavy (non-hydrogen) atoms. The van der Waals surface area contributed by atoms with Crippen molar-refractivity contribution >= 4 is 22.4 Å². The van der Waals surface area contributed by atoms with E-state index >= 15 is 0 Å². The Morgan fingerprint density at radius 3 is 2.57 bits per heavy atom. The van der Waals surface area contributed by atoms with Crippen LogP contribution in [0.25, 0.3) is 11.5 Å². The number of hydrogen-bond donors (Lipinski definition) is 0. The van der Waals surface area contributed by atoms with Gasteiger partial charge in [0.25, 0.3) is 0 Å². The summed E-state index contributed by atoms with van der Waals surface area (Å²) in [4.78, 5) is 4.30. The van der Waals surface area contributed by atoms with Crippen LogP contribution in [0.15, 0.2) is 59.2 Å². The lowest BCUT2D eigenvalue weighted by molar-refractivity contribution is 0.572. The van der Waals surface area contributed by atoms with E-state index in [0.717, 1.165) is 5.56 Å². The van der Waals surface area contributed by atoms with Gasteiger partial charge in [0.1, 0.15) is 12.1 Å². The van der Waals surface area contributed by atoms with Crippen LogP contribution in [0, 0.1) is 5.82 Å². The zero-order chi connectivity index (χ0) is 16.2. The third-order valence-corrected chi connectivity index (χ3v) is 4.85. The van der Waals surface area contributed by atoms with Gasteiger partial charge in [0.2, 0.25) is 5.89 Å². The Bertz CT molecular complexity index is 833. The molecule has 0 aliphatic rings. The van der Waals surface area contributed by atoms with Crippen LogP contribution in [0.5, 0.6) is 0 Å². The number of hydrogen-bond acceptors (Lipinski definition) is 3. The first-order valence-electron chi connectivity index (χ1n) is 6.90. The third-order valence-electron chi connectivity index (χ3n) is 3.23. The fraction of sp³-hybridized carbons (Fsp3) is 0.118. The van der Waals surface area contributed by atoms with Crippen LogP contribution in [0.4, 0.5) is 4.39 Å². The molecule has 0 saturated heterocycles. The summed E-state index contributed by atoms with van der Waals surface area (Å²) in [6.07, 6.45) is 1.48. The van der Waals surface area contributed by atoms with Crippen LogP contribution in [0.3, 0.4) is 0 Å². The van der Waals surface area contributed by atoms with E-state index in [-0.39, 0.29) is 11.6 Å². The molecule has 0 N–H and O–H groups in total. The second kappa shape index (κ2) is 7.06. The highest BCUT2D eigenvalue weighted by molar-refractivity contribution is 7.83. The predicted octanol–water partition coefficient (Wildman–Crippen LogP) is 4.58. The van der Waals surface area contributed by atoms with Gasteiger partial charge in [0, 0.05) is 21.4 Å². The maximum absolute atomic E-state index is 12.9. The second-order valence-electron chi connectivity index (χ2n) is 4.97. The van der Waals surface area contributed by atoms with Crippen molar-refractivity contribution in [3.05, 3.63) is 76.9 Å². The molecule has 0 aliphatic carbocycles. The van der Waals surface area contributed by atoms with Crippen LogP contribution in [-0.4, -0.2) is 9.19 Å². The molecule has 0 bridgehead atoms. The van der Waals surface area contributed by atoms with Crippen molar-refractivity contribution in [1.82, 2.24) is 4.98 Å². The lowest BCUT2D eigenvalue weighted by Crippen LogP contribution is -2.00. The molecule has 1 heterocycles. The SMILES string of the molecule is O=[S@](Cc1coc(-c2ccc(F)cc2)n1)Cc1ccccc1Cl. The summed E-state index contributed by atoms with van der Waals surface area (Å²) >= 11 is 6.07. The van der Waals surface area contributed by atoms with E-state index in [2.05, 4.69) is 4.98 Å². The molecule has 2 aromatic carbocycles. The van der Waals surface area contributed by atoms with Crippen molar-refractivity contribution in [2.75, 3.05) is 0 Å². The standard InChI is InChI=1S/C17H13ClFNO2S/c18-16-4-2-1-3-13(16)10-23(21)11-15-9-22-17(20-15)12-5-7-14(19)8-6-12/h1-9H,10-11H2/t23-/m0/s1. The molecule has 0 amide bonds. The van der Waals surface area contributed by atoms with Gasteiger partial charge in [-0.15, -0.1) is 0 Å². The van der Waals surface area contributed by atoms with Crippen LogP contribution < -0.4 is 0 Å². The van der Waals surface area contributed by atoms with Gasteiger partial charge in [0.15, 0.2) is 0 Å². The molecule has 0 saturated carbocycles. The molecule has 0 aliphatic heterocycles. The Kier molecular flexibility index (Phi) is 4.88. The van der Waals surface area contributed by atoms with Crippen molar-refractivity contribution in [2.24, 2.45) is 0 Å². The number of halogens is 2. The van der Waals surface area contributed by atoms with E-state index in [0.29, 0.717) is 27.9 Å². The summed E-state index contributed by atoms with van der Waals surface area (Å²) in [5.74, 6) is 0.699. The molecule has 0 radical (unpaired) electrons. The van der Waals surface area contributed by atoms with E-state index in [9.17, 15) is 8.60 Å². The van der Waals surface area contributed by atoms with E-state index < -0.39 is 10.8 Å². The van der Waals surface area contributed by atoms with Crippen molar-refractivity contribution in [2.45, 2.75) is 11.5 Å². The molecule has 0 fully saturated rings. The monoisotopic (exact) mass is 349 g/mol. The Labute approximate surface area is 140 Å². The van der Waals surface area contributed by atoms with E-state index in [1.54, 1.807) is 18.2 Å². The van der Waals surface area contributed by atoms with E-state index in [4.69, 9.17) is 16.0 Å². The minimum Gasteiger partial charge on any atom is -0.444 e. The third kappa shape index (κ3) is 4.06. The van der Waals surface area contributed by atoms with Crippen LogP contribution in [-0.2, 0) is 22.3 Å². The summed E-state index contributed by atoms with van der Waals surface area (Å²) in [5, 5.41) is 0.605. The Hall–Kier alpha value is -1.98. The molecule has 0 unspecified atom stereocenters. The fourth-order valence-corrected chi connectivity index (χ4v) is 3.55. The molecule has 3 rings (SSSR count). The van der Waals surface area contributed by atoms with Gasteiger partial charge in [-0.1, -0.05) is 29.8 Å². The molecule has 6 heteroatoms. The van der Waals surface area contributed by atoms with Gasteiger partial charge in [-0.2, -0.15) is 0 Å². The summed E-state index contributed by atoms with van der Waals surface area (Å²) in [5.41, 5.74) is 2.11. The van der Waals surface area contributed by atoms with Crippen LogP contribution >= 0.6 is 11.6 Å². The van der Waals surface area contributed by atoms with Gasteiger partial charge >= 0.3 is 0 Å². The van der Waals surface area contributed by atoms with Crippen LogP contribution in [0.1, 0.15) is 11.3 Å². The van der Waals surface area contributed by atoms with Crippen molar-refractivity contribution in [3.8, 4) is 11.5 Å². The Morgan fingerprint density at radius 1 is 1.09 bits per heavy atom. The maximum atomic E-state index is 12.9. The fourth-order valence-electron chi connectivity index (χ4n) is 2.10. The summed E-state index contributed by atoms with van der Waals surface area (Å²) in [7, 11) is -1.15. The highest BCUT2D eigenvalue weighted by Crippen LogP contribution is 2.21. The van der Waals surface area contributed by atoms with Gasteiger partial charge < -0.3 is 4.42 Å². The summed E-state index contributed by atoms with van der Waals surface area (Å²) < 4.78 is 30.5. The summed E-state index contributed by atoms with van der Waals surface area (Å²) in [6.45, 7) is 0. The van der Waals surface area contributed by atoms with Crippen LogP contribution in [0.2, 0.25) is 5.02 Å². The average molecular weight is 350 g/mol. The van der Waals surface area contributed by atoms with Gasteiger partial charge in [0.05, 0.1) is 17.2 Å². The zero-order valence-corrected chi connectivity index (χ0v) is 13.6. The number of nitrogens with zero attached hydrogens (tertiary/aromatic N) is 1. The van der Waals surface area contributed by atoms with Crippen molar-refractivity contribution in [1.29, 1.82) is 0 Å². The van der Waals surface area contributed by atoms with E-state index in [1.165, 1.54) is 18.4 Å². The lowest BCUT2D eigenvalue weighted by atomic mass is 10.2. The molecule has 118 valence electrons. The summed E-state index contributed by atoms with van der Waals surface area (Å²) in [6, 6.07) is 13.2. The first kappa shape index (κ1) is 15.9. The number of rotatable bonds is 5. The van der Waals surface area contributed by atoms with Crippen molar-refractivity contribution < 1.29 is 13.0 Å². The number of oxazole rings is 1. The Balaban J connectivity index is 1.68. The Morgan fingerprint density at radius 2 is 1.83 bits per heavy atom. The van der Waals surface area contributed by atoms with Gasteiger partial charge in [-0.05, 0) is 35.9 Å². The minimum atomic E-state index is -1.15. The highest BCUT2D eigenvalue weighted by atomic mass is 35.5. The zero-order valence-electron chi connectivity index (χ0n) is 12.0. The highest BCUT2D eigenvalue weighted by Gasteiger charge is 2.11. The average Bonchev–Trinajstić information content (AvgIpc) is 2.98. The smallest absolute Gasteiger partial charge is 0.226 e. The molecular formula is C17H13ClFNO2S. The predicted molar refractivity (Wildman–Crippen MR) is 88.9 cm³/mol. The minimum absolute atomic E-state index is 0.274. The van der Waals surface area contributed by atoms with Crippen molar-refractivity contribution in [3.63, 3.8) is 0 Å². The molecule has 1 aromatic heterocycles. The second-order valence-corrected chi connectivity index (χ2v) is 6.84. The van der Waals surface area contributed by atoms with E-state index in [1.807, 2.05) is 18.2 Å². The molecule has 1 atom stereocenters. The quantitative estimate of drug-likeness (QED) is 0.677. The first-order chi connectivity index (χ1) is 11.1. The molecule has 3 nitrogen and oxygen atoms in total. The number of aromatic nitrogens is 1. The van der Waals surface area contributed by atoms with Gasteiger partial charge in [-0.25, -0.2) is 9.37 Å². The maximum Gasteiger partial charge on any atom is 0.226 e. The number of benzene rings is 2.